The number of Topliss-reactive ketones (excluding diaryl/α,β-unsaturated/α-hetero) is 1. The number of anilines is 1. The lowest BCUT2D eigenvalue weighted by Gasteiger charge is -2.41. The molecule has 2 aromatic carbocycles. The number of hydrogen-bond donors (Lipinski definition) is 1. The van der Waals surface area contributed by atoms with E-state index in [0.29, 0.717) is 41.3 Å². The molecule has 2 aliphatic rings. The summed E-state index contributed by atoms with van der Waals surface area (Å²) in [6.07, 6.45) is 5.26. The van der Waals surface area contributed by atoms with Crippen LogP contribution < -0.4 is 10.2 Å². The lowest BCUT2D eigenvalue weighted by molar-refractivity contribution is -0.123. The summed E-state index contributed by atoms with van der Waals surface area (Å²) in [5.41, 5.74) is 2.31. The topological polar surface area (TPSA) is 78.4 Å². The van der Waals surface area contributed by atoms with Crippen molar-refractivity contribution in [3.05, 3.63) is 82.5 Å². The maximum Gasteiger partial charge on any atom is 0.251 e. The molecule has 1 amide bonds. The summed E-state index contributed by atoms with van der Waals surface area (Å²) in [5, 5.41) is 4.05. The Morgan fingerprint density at radius 2 is 1.71 bits per heavy atom. The fourth-order valence-corrected chi connectivity index (χ4v) is 6.92. The van der Waals surface area contributed by atoms with Crippen molar-refractivity contribution < 1.29 is 9.59 Å². The van der Waals surface area contributed by atoms with E-state index in [0.717, 1.165) is 49.4 Å². The van der Waals surface area contributed by atoms with E-state index in [1.807, 2.05) is 42.5 Å². The van der Waals surface area contributed by atoms with Gasteiger partial charge in [0.1, 0.15) is 16.8 Å². The van der Waals surface area contributed by atoms with Crippen LogP contribution in [0.4, 0.5) is 5.82 Å². The number of likely N-dealkylation sites (tertiary alicyclic amines) is 1. The fourth-order valence-electron chi connectivity index (χ4n) is 5.89. The Bertz CT molecular complexity index is 1340. The second kappa shape index (κ2) is 13.8. The first kappa shape index (κ1) is 29.5. The number of hydrogen-bond acceptors (Lipinski definition) is 7. The van der Waals surface area contributed by atoms with Crippen LogP contribution in [0.15, 0.2) is 65.8 Å². The molecule has 2 fully saturated rings. The van der Waals surface area contributed by atoms with Crippen molar-refractivity contribution in [1.82, 2.24) is 20.2 Å². The van der Waals surface area contributed by atoms with Gasteiger partial charge in [0.25, 0.3) is 5.91 Å². The van der Waals surface area contributed by atoms with Gasteiger partial charge in [0.05, 0.1) is 5.41 Å². The van der Waals surface area contributed by atoms with Crippen molar-refractivity contribution in [3.63, 3.8) is 0 Å². The highest BCUT2D eigenvalue weighted by molar-refractivity contribution is 7.98. The molecule has 5 rings (SSSR count). The molecule has 2 aliphatic heterocycles. The van der Waals surface area contributed by atoms with E-state index < -0.39 is 5.41 Å². The van der Waals surface area contributed by atoms with Crippen molar-refractivity contribution in [2.24, 2.45) is 0 Å². The number of benzene rings is 2. The zero-order valence-corrected chi connectivity index (χ0v) is 25.2. The van der Waals surface area contributed by atoms with Crippen molar-refractivity contribution in [2.75, 3.05) is 44.2 Å². The Morgan fingerprint density at radius 3 is 2.44 bits per heavy atom. The van der Waals surface area contributed by atoms with Crippen molar-refractivity contribution >= 4 is 40.9 Å². The number of nitrogens with one attached hydrogen (secondary N) is 1. The molecule has 0 atom stereocenters. The second-order valence-corrected chi connectivity index (χ2v) is 12.3. The van der Waals surface area contributed by atoms with Crippen molar-refractivity contribution in [3.8, 4) is 0 Å². The van der Waals surface area contributed by atoms with E-state index >= 15 is 0 Å². The second-order valence-electron chi connectivity index (χ2n) is 11.0. The molecule has 0 aliphatic carbocycles. The Hall–Kier alpha value is -2.94. The lowest BCUT2D eigenvalue weighted by atomic mass is 9.70. The predicted octanol–water partition coefficient (Wildman–Crippen LogP) is 5.77. The monoisotopic (exact) mass is 591 g/mol. The predicted molar refractivity (Wildman–Crippen MR) is 166 cm³/mol. The molecule has 216 valence electrons. The first-order valence-electron chi connectivity index (χ1n) is 14.5. The first-order valence-corrected chi connectivity index (χ1v) is 15.9. The van der Waals surface area contributed by atoms with Gasteiger partial charge >= 0.3 is 0 Å². The number of thioether (sulfide) groups is 1. The molecule has 0 unspecified atom stereocenters. The van der Waals surface area contributed by atoms with E-state index in [1.165, 1.54) is 31.0 Å². The summed E-state index contributed by atoms with van der Waals surface area (Å²) in [6.45, 7) is 6.93. The molecule has 0 saturated carbocycles. The fraction of sp³-hybridized carbons (Fsp3) is 0.438. The van der Waals surface area contributed by atoms with Gasteiger partial charge in [-0.25, -0.2) is 9.97 Å². The van der Waals surface area contributed by atoms with Gasteiger partial charge in [0.2, 0.25) is 0 Å². The molecule has 41 heavy (non-hydrogen) atoms. The van der Waals surface area contributed by atoms with Crippen LogP contribution in [0.25, 0.3) is 0 Å². The average Bonchev–Trinajstić information content (AvgIpc) is 3.01. The molecule has 7 nitrogen and oxygen atoms in total. The summed E-state index contributed by atoms with van der Waals surface area (Å²) < 4.78 is 0. The number of carbonyl (C=O) groups excluding carboxylic acids is 2. The largest absolute Gasteiger partial charge is 0.356 e. The SMILES string of the molecule is CC(=O)C1(c2ccccc2)CCN(c2cc(Cl)nc(SCc3cccc(C(=O)NCCN4CCCCC4)c3)n2)CC1. The van der Waals surface area contributed by atoms with Gasteiger partial charge in [-0.05, 0) is 69.0 Å². The minimum absolute atomic E-state index is 0.0441. The highest BCUT2D eigenvalue weighted by Crippen LogP contribution is 2.38. The van der Waals surface area contributed by atoms with Gasteiger partial charge in [-0.15, -0.1) is 0 Å². The summed E-state index contributed by atoms with van der Waals surface area (Å²) in [4.78, 5) is 39.4. The molecule has 0 radical (unpaired) electrons. The van der Waals surface area contributed by atoms with Crippen LogP contribution in [0.2, 0.25) is 5.15 Å². The third-order valence-corrected chi connectivity index (χ3v) is 9.43. The van der Waals surface area contributed by atoms with Crippen molar-refractivity contribution in [1.29, 1.82) is 0 Å². The van der Waals surface area contributed by atoms with Crippen LogP contribution in [-0.2, 0) is 16.0 Å². The third-order valence-electron chi connectivity index (χ3n) is 8.32. The Kier molecular flexibility index (Phi) is 9.96. The summed E-state index contributed by atoms with van der Waals surface area (Å²) in [6, 6.07) is 19.6. The van der Waals surface area contributed by atoms with E-state index in [1.54, 1.807) is 13.0 Å². The van der Waals surface area contributed by atoms with Gasteiger partial charge in [-0.1, -0.05) is 72.2 Å². The Labute approximate surface area is 252 Å². The molecular weight excluding hydrogens is 554 g/mol. The number of halogens is 1. The number of aromatic nitrogens is 2. The van der Waals surface area contributed by atoms with Crippen LogP contribution in [0, 0.1) is 0 Å². The molecule has 1 aromatic heterocycles. The highest BCUT2D eigenvalue weighted by Gasteiger charge is 2.40. The van der Waals surface area contributed by atoms with E-state index in [4.69, 9.17) is 16.6 Å². The molecule has 3 aromatic rings. The molecule has 9 heteroatoms. The van der Waals surface area contributed by atoms with Crippen LogP contribution >= 0.6 is 23.4 Å². The molecule has 0 spiro atoms. The van der Waals surface area contributed by atoms with Crippen LogP contribution in [0.1, 0.15) is 60.5 Å². The third kappa shape index (κ3) is 7.48. The number of rotatable bonds is 10. The highest BCUT2D eigenvalue weighted by atomic mass is 35.5. The maximum absolute atomic E-state index is 12.8. The quantitative estimate of drug-likeness (QED) is 0.182. The van der Waals surface area contributed by atoms with Crippen LogP contribution in [-0.4, -0.2) is 65.8 Å². The summed E-state index contributed by atoms with van der Waals surface area (Å²) >= 11 is 7.92. The number of carbonyl (C=O) groups is 2. The molecule has 3 heterocycles. The first-order chi connectivity index (χ1) is 19.9. The van der Waals surface area contributed by atoms with E-state index in [2.05, 4.69) is 32.2 Å². The number of amides is 1. The maximum atomic E-state index is 12.8. The zero-order chi connectivity index (χ0) is 28.7. The summed E-state index contributed by atoms with van der Waals surface area (Å²) in [5.74, 6) is 1.56. The minimum atomic E-state index is -0.461. The van der Waals surface area contributed by atoms with E-state index in [-0.39, 0.29) is 11.7 Å². The zero-order valence-electron chi connectivity index (χ0n) is 23.7. The number of piperidine rings is 2. The van der Waals surface area contributed by atoms with Crippen LogP contribution in [0.5, 0.6) is 0 Å². The van der Waals surface area contributed by atoms with E-state index in [9.17, 15) is 9.59 Å². The standard InChI is InChI=1S/C32H38ClN5O2S/c1-24(39)32(27-11-4-2-5-12-27)13-18-38(19-14-32)29-22-28(33)35-31(36-29)41-23-25-9-8-10-26(21-25)30(40)34-15-20-37-16-6-3-7-17-37/h2,4-5,8-12,21-22H,3,6-7,13-20,23H2,1H3,(H,34,40). The van der Waals surface area contributed by atoms with Gasteiger partial charge in [-0.2, -0.15) is 0 Å². The molecular formula is C32H38ClN5O2S. The Morgan fingerprint density at radius 1 is 0.951 bits per heavy atom. The van der Waals surface area contributed by atoms with Gasteiger partial charge in [0, 0.05) is 43.6 Å². The molecule has 2 saturated heterocycles. The molecule has 0 bridgehead atoms. The van der Waals surface area contributed by atoms with Crippen molar-refractivity contribution in [2.45, 2.75) is 55.4 Å². The number of ketones is 1. The van der Waals surface area contributed by atoms with Gasteiger partial charge in [0.15, 0.2) is 5.16 Å². The van der Waals surface area contributed by atoms with Gasteiger partial charge < -0.3 is 15.1 Å². The minimum Gasteiger partial charge on any atom is -0.356 e. The summed E-state index contributed by atoms with van der Waals surface area (Å²) in [7, 11) is 0. The molecule has 1 N–H and O–H groups in total. The number of nitrogens with zero attached hydrogens (tertiary/aromatic N) is 4. The normalized spacial score (nSPS) is 17.3. The lowest BCUT2D eigenvalue weighted by Crippen LogP contribution is -2.47. The Balaban J connectivity index is 1.18. The van der Waals surface area contributed by atoms with Gasteiger partial charge in [-0.3, -0.25) is 9.59 Å². The average molecular weight is 592 g/mol. The van der Waals surface area contributed by atoms with Crippen LogP contribution in [0.3, 0.4) is 0 Å². The smallest absolute Gasteiger partial charge is 0.251 e.